The lowest BCUT2D eigenvalue weighted by Gasteiger charge is -2.28. The molecule has 2 heterocycles. The molecule has 19 heavy (non-hydrogen) atoms. The number of aliphatic hydroxyl groups is 1. The second kappa shape index (κ2) is 5.26. The number of aliphatic hydroxyl groups excluding tert-OH is 1. The minimum absolute atomic E-state index is 0.156. The molecule has 7 heteroatoms. The summed E-state index contributed by atoms with van der Waals surface area (Å²) in [6.07, 6.45) is 4.89. The van der Waals surface area contributed by atoms with Crippen molar-refractivity contribution in [3.63, 3.8) is 0 Å². The molecule has 104 valence electrons. The van der Waals surface area contributed by atoms with Crippen molar-refractivity contribution in [3.8, 4) is 0 Å². The van der Waals surface area contributed by atoms with E-state index in [4.69, 9.17) is 0 Å². The van der Waals surface area contributed by atoms with E-state index >= 15 is 0 Å². The average molecular weight is 265 g/mol. The number of nitrogens with one attached hydrogen (secondary N) is 2. The van der Waals surface area contributed by atoms with Crippen LogP contribution in [-0.4, -0.2) is 51.2 Å². The average Bonchev–Trinajstić information content (AvgIpc) is 2.79. The minimum atomic E-state index is -0.441. The number of rotatable bonds is 3. The van der Waals surface area contributed by atoms with Crippen LogP contribution in [-0.2, 0) is 0 Å². The van der Waals surface area contributed by atoms with Crippen LogP contribution in [0.4, 0.5) is 0 Å². The Kier molecular flexibility index (Phi) is 3.48. The van der Waals surface area contributed by atoms with Crippen LogP contribution in [0.5, 0.6) is 0 Å². The maximum absolute atomic E-state index is 12.0. The first-order valence-corrected chi connectivity index (χ1v) is 6.85. The molecular weight excluding hydrogens is 246 g/mol. The Balaban J connectivity index is 1.61. The van der Waals surface area contributed by atoms with E-state index in [1.807, 2.05) is 0 Å². The van der Waals surface area contributed by atoms with Crippen molar-refractivity contribution in [2.45, 2.75) is 43.9 Å². The topological polar surface area (TPSA) is 92.1 Å². The van der Waals surface area contributed by atoms with Gasteiger partial charge in [-0.25, -0.2) is 4.68 Å². The van der Waals surface area contributed by atoms with Crippen LogP contribution in [0.25, 0.3) is 0 Å². The highest BCUT2D eigenvalue weighted by atomic mass is 16.3. The van der Waals surface area contributed by atoms with Gasteiger partial charge in [-0.05, 0) is 12.8 Å². The summed E-state index contributed by atoms with van der Waals surface area (Å²) < 4.78 is 1.72. The van der Waals surface area contributed by atoms with Gasteiger partial charge in [-0.3, -0.25) is 4.79 Å². The van der Waals surface area contributed by atoms with Gasteiger partial charge in [0, 0.05) is 13.1 Å². The third kappa shape index (κ3) is 2.62. The Morgan fingerprint density at radius 1 is 1.42 bits per heavy atom. The predicted octanol–water partition coefficient (Wildman–Crippen LogP) is -0.544. The van der Waals surface area contributed by atoms with Crippen molar-refractivity contribution in [2.24, 2.45) is 0 Å². The van der Waals surface area contributed by atoms with Crippen molar-refractivity contribution in [1.82, 2.24) is 25.6 Å². The van der Waals surface area contributed by atoms with E-state index in [0.717, 1.165) is 38.8 Å². The molecule has 1 aromatic rings. The van der Waals surface area contributed by atoms with Crippen molar-refractivity contribution in [2.75, 3.05) is 13.1 Å². The molecular formula is C12H19N5O2. The van der Waals surface area contributed by atoms with Gasteiger partial charge in [-0.1, -0.05) is 18.1 Å². The van der Waals surface area contributed by atoms with Crippen molar-refractivity contribution < 1.29 is 9.90 Å². The van der Waals surface area contributed by atoms with Gasteiger partial charge in [0.25, 0.3) is 5.91 Å². The van der Waals surface area contributed by atoms with Gasteiger partial charge in [0.05, 0.1) is 24.4 Å². The van der Waals surface area contributed by atoms with Crippen molar-refractivity contribution >= 4 is 5.91 Å². The molecule has 2 aliphatic rings. The van der Waals surface area contributed by atoms with E-state index in [2.05, 4.69) is 20.9 Å². The summed E-state index contributed by atoms with van der Waals surface area (Å²) in [6, 6.07) is 0.145. The molecule has 3 rings (SSSR count). The fourth-order valence-electron chi connectivity index (χ4n) is 2.54. The molecule has 1 saturated heterocycles. The molecule has 2 atom stereocenters. The molecule has 0 spiro atoms. The first-order valence-electron chi connectivity index (χ1n) is 6.85. The minimum Gasteiger partial charge on any atom is -0.391 e. The van der Waals surface area contributed by atoms with Gasteiger partial charge in [0.2, 0.25) is 0 Å². The van der Waals surface area contributed by atoms with Gasteiger partial charge in [0.15, 0.2) is 5.69 Å². The fourth-order valence-corrected chi connectivity index (χ4v) is 2.54. The van der Waals surface area contributed by atoms with Crippen LogP contribution in [0, 0.1) is 0 Å². The molecule has 2 fully saturated rings. The smallest absolute Gasteiger partial charge is 0.273 e. The molecule has 1 amide bonds. The summed E-state index contributed by atoms with van der Waals surface area (Å²) in [5.41, 5.74) is 0.324. The second-order valence-electron chi connectivity index (χ2n) is 5.33. The summed E-state index contributed by atoms with van der Waals surface area (Å²) in [5, 5.41) is 23.7. The molecule has 1 aromatic heterocycles. The van der Waals surface area contributed by atoms with E-state index in [1.165, 1.54) is 0 Å². The third-order valence-electron chi connectivity index (χ3n) is 3.92. The maximum atomic E-state index is 12.0. The van der Waals surface area contributed by atoms with Crippen molar-refractivity contribution in [3.05, 3.63) is 11.9 Å². The van der Waals surface area contributed by atoms with Crippen LogP contribution in [0.2, 0.25) is 0 Å². The van der Waals surface area contributed by atoms with Crippen molar-refractivity contribution in [1.29, 1.82) is 0 Å². The third-order valence-corrected chi connectivity index (χ3v) is 3.92. The van der Waals surface area contributed by atoms with E-state index in [9.17, 15) is 9.90 Å². The summed E-state index contributed by atoms with van der Waals surface area (Å²) in [7, 11) is 0. The van der Waals surface area contributed by atoms with Crippen LogP contribution in [0.3, 0.4) is 0 Å². The number of carbonyl (C=O) groups is 1. The predicted molar refractivity (Wildman–Crippen MR) is 67.7 cm³/mol. The molecule has 7 nitrogen and oxygen atoms in total. The summed E-state index contributed by atoms with van der Waals surface area (Å²) in [6.45, 7) is 1.73. The van der Waals surface area contributed by atoms with Gasteiger partial charge in [0.1, 0.15) is 0 Å². The molecule has 0 radical (unpaired) electrons. The standard InChI is InChI=1S/C12H19N5O2/c18-11-4-2-1-3-9(11)14-12(19)10-7-17(16-15-10)8-5-13-6-8/h7-9,11,13,18H,1-6H2,(H,14,19). The lowest BCUT2D eigenvalue weighted by atomic mass is 9.92. The van der Waals surface area contributed by atoms with Crippen LogP contribution < -0.4 is 10.6 Å². The van der Waals surface area contributed by atoms with E-state index in [-0.39, 0.29) is 11.9 Å². The first-order chi connectivity index (χ1) is 9.24. The molecule has 2 unspecified atom stereocenters. The first kappa shape index (κ1) is 12.6. The quantitative estimate of drug-likeness (QED) is 0.682. The van der Waals surface area contributed by atoms with Gasteiger partial charge in [-0.15, -0.1) is 5.10 Å². The Morgan fingerprint density at radius 2 is 2.21 bits per heavy atom. The van der Waals surface area contributed by atoms with E-state index in [1.54, 1.807) is 10.9 Å². The number of amides is 1. The summed E-state index contributed by atoms with van der Waals surface area (Å²) >= 11 is 0. The lowest BCUT2D eigenvalue weighted by molar-refractivity contribution is 0.0713. The molecule has 1 saturated carbocycles. The second-order valence-corrected chi connectivity index (χ2v) is 5.33. The Hall–Kier alpha value is -1.47. The molecule has 1 aliphatic heterocycles. The SMILES string of the molecule is O=C(NC1CCCCC1O)c1cn(C2CNC2)nn1. The number of nitrogens with zero attached hydrogens (tertiary/aromatic N) is 3. The largest absolute Gasteiger partial charge is 0.391 e. The van der Waals surface area contributed by atoms with E-state index < -0.39 is 6.10 Å². The Morgan fingerprint density at radius 3 is 2.89 bits per heavy atom. The number of hydrogen-bond acceptors (Lipinski definition) is 5. The maximum Gasteiger partial charge on any atom is 0.273 e. The molecule has 0 bridgehead atoms. The molecule has 1 aliphatic carbocycles. The Bertz CT molecular complexity index is 457. The van der Waals surface area contributed by atoms with Crippen LogP contribution in [0.1, 0.15) is 42.2 Å². The highest BCUT2D eigenvalue weighted by Gasteiger charge is 2.26. The zero-order chi connectivity index (χ0) is 13.2. The summed E-state index contributed by atoms with van der Waals surface area (Å²) in [4.78, 5) is 12.0. The lowest BCUT2D eigenvalue weighted by Crippen LogP contribution is -2.45. The van der Waals surface area contributed by atoms with E-state index in [0.29, 0.717) is 11.7 Å². The summed E-state index contributed by atoms with van der Waals surface area (Å²) in [5.74, 6) is -0.246. The zero-order valence-corrected chi connectivity index (χ0v) is 10.7. The fraction of sp³-hybridized carbons (Fsp3) is 0.750. The zero-order valence-electron chi connectivity index (χ0n) is 10.7. The highest BCUT2D eigenvalue weighted by molar-refractivity contribution is 5.92. The van der Waals surface area contributed by atoms with Gasteiger partial charge < -0.3 is 15.7 Å². The Labute approximate surface area is 111 Å². The van der Waals surface area contributed by atoms with Crippen LogP contribution in [0.15, 0.2) is 6.20 Å². The van der Waals surface area contributed by atoms with Crippen LogP contribution >= 0.6 is 0 Å². The highest BCUT2D eigenvalue weighted by Crippen LogP contribution is 2.18. The number of hydrogen-bond donors (Lipinski definition) is 3. The molecule has 3 N–H and O–H groups in total. The van der Waals surface area contributed by atoms with Gasteiger partial charge >= 0.3 is 0 Å². The number of carbonyl (C=O) groups excluding carboxylic acids is 1. The monoisotopic (exact) mass is 265 g/mol. The number of aromatic nitrogens is 3. The van der Waals surface area contributed by atoms with Gasteiger partial charge in [-0.2, -0.15) is 0 Å². The normalized spacial score (nSPS) is 27.8. The molecule has 0 aromatic carbocycles.